The normalized spacial score (nSPS) is 19.8. The Morgan fingerprint density at radius 1 is 1.08 bits per heavy atom. The lowest BCUT2D eigenvalue weighted by molar-refractivity contribution is -0.148. The molecule has 3 atom stereocenters. The van der Waals surface area contributed by atoms with Crippen LogP contribution < -0.4 is 10.6 Å². The third-order valence-corrected chi connectivity index (χ3v) is 11.2. The SMILES string of the molecule is CCOC(=O)[C@H](Cc1ccc(NC(=O)c2c(Cl)cncc2Cl)cc1)NC(=O)C1C(N2CCC(F)(F)CC2)CCN1S(=O)(=O)c1cccc(C#N)c1. The lowest BCUT2D eigenvalue weighted by Crippen LogP contribution is -2.59. The quantitative estimate of drug-likeness (QED) is 0.265. The highest BCUT2D eigenvalue weighted by atomic mass is 35.5. The molecule has 3 heterocycles. The summed E-state index contributed by atoms with van der Waals surface area (Å²) in [5.74, 6) is -5.02. The smallest absolute Gasteiger partial charge is 0.328 e. The van der Waals surface area contributed by atoms with Gasteiger partial charge in [-0.1, -0.05) is 41.4 Å². The predicted octanol–water partition coefficient (Wildman–Crippen LogP) is 4.67. The van der Waals surface area contributed by atoms with Crippen LogP contribution in [0.2, 0.25) is 10.0 Å². The number of hydrogen-bond acceptors (Lipinski definition) is 9. The Balaban J connectivity index is 1.39. The van der Waals surface area contributed by atoms with Crippen molar-refractivity contribution in [2.75, 3.05) is 31.6 Å². The number of carbonyl (C=O) groups is 3. The van der Waals surface area contributed by atoms with Gasteiger partial charge in [-0.2, -0.15) is 9.57 Å². The van der Waals surface area contributed by atoms with Gasteiger partial charge in [-0.25, -0.2) is 22.0 Å². The van der Waals surface area contributed by atoms with E-state index in [9.17, 15) is 36.8 Å². The third-order valence-electron chi connectivity index (χ3n) is 8.78. The number of nitrogens with one attached hydrogen (secondary N) is 2. The minimum absolute atomic E-state index is 0.0000781. The number of amides is 2. The lowest BCUT2D eigenvalue weighted by atomic mass is 9.99. The van der Waals surface area contributed by atoms with E-state index in [-0.39, 0.29) is 65.2 Å². The van der Waals surface area contributed by atoms with Crippen LogP contribution in [0, 0.1) is 11.3 Å². The maximum absolute atomic E-state index is 14.2. The van der Waals surface area contributed by atoms with Crippen molar-refractivity contribution in [3.8, 4) is 6.07 Å². The largest absolute Gasteiger partial charge is 0.464 e. The zero-order valence-corrected chi connectivity index (χ0v) is 29.6. The molecule has 3 aromatic rings. The molecule has 2 amide bonds. The maximum Gasteiger partial charge on any atom is 0.328 e. The molecule has 0 spiro atoms. The van der Waals surface area contributed by atoms with Crippen LogP contribution in [0.1, 0.15) is 47.7 Å². The first-order valence-electron chi connectivity index (χ1n) is 16.0. The highest BCUT2D eigenvalue weighted by molar-refractivity contribution is 7.89. The first kappa shape index (κ1) is 38.0. The van der Waals surface area contributed by atoms with Crippen molar-refractivity contribution in [3.63, 3.8) is 0 Å². The fraction of sp³-hybridized carbons (Fsp3) is 0.382. The maximum atomic E-state index is 14.2. The number of likely N-dealkylation sites (tertiary alicyclic amines) is 1. The summed E-state index contributed by atoms with van der Waals surface area (Å²) in [5.41, 5.74) is 1.08. The van der Waals surface area contributed by atoms with E-state index in [0.29, 0.717) is 11.3 Å². The topological polar surface area (TPSA) is 162 Å². The van der Waals surface area contributed by atoms with Gasteiger partial charge in [-0.3, -0.25) is 19.5 Å². The van der Waals surface area contributed by atoms with Gasteiger partial charge < -0.3 is 15.4 Å². The van der Waals surface area contributed by atoms with Crippen molar-refractivity contribution in [3.05, 3.63) is 87.7 Å². The monoisotopic (exact) mass is 762 g/mol. The molecule has 0 radical (unpaired) electrons. The Hall–Kier alpha value is -4.20. The number of hydrogen-bond donors (Lipinski definition) is 2. The number of sulfonamides is 1. The molecule has 270 valence electrons. The summed E-state index contributed by atoms with van der Waals surface area (Å²) < 4.78 is 62.4. The van der Waals surface area contributed by atoms with Gasteiger partial charge in [0.1, 0.15) is 12.1 Å². The Kier molecular flexibility index (Phi) is 11.9. The molecule has 51 heavy (non-hydrogen) atoms. The van der Waals surface area contributed by atoms with Gasteiger partial charge >= 0.3 is 5.97 Å². The highest BCUT2D eigenvalue weighted by Gasteiger charge is 2.50. The summed E-state index contributed by atoms with van der Waals surface area (Å²) >= 11 is 12.2. The van der Waals surface area contributed by atoms with Crippen LogP contribution in [0.25, 0.3) is 0 Å². The van der Waals surface area contributed by atoms with Gasteiger partial charge in [-0.05, 0) is 49.2 Å². The molecular formula is C34H34Cl2F2N6O6S. The predicted molar refractivity (Wildman–Crippen MR) is 184 cm³/mol. The van der Waals surface area contributed by atoms with E-state index in [1.54, 1.807) is 36.1 Å². The van der Waals surface area contributed by atoms with Gasteiger partial charge in [-0.15, -0.1) is 0 Å². The first-order chi connectivity index (χ1) is 24.2. The fourth-order valence-corrected chi connectivity index (χ4v) is 8.44. The van der Waals surface area contributed by atoms with E-state index in [0.717, 1.165) is 4.31 Å². The number of halogens is 4. The molecule has 2 saturated heterocycles. The zero-order valence-electron chi connectivity index (χ0n) is 27.3. The van der Waals surface area contributed by atoms with Gasteiger partial charge in [0.2, 0.25) is 15.9 Å². The number of nitrogens with zero attached hydrogens (tertiary/aromatic N) is 4. The number of ether oxygens (including phenoxy) is 1. The van der Waals surface area contributed by atoms with Gasteiger partial charge in [0, 0.05) is 63.0 Å². The second-order valence-corrected chi connectivity index (χ2v) is 14.8. The molecule has 17 heteroatoms. The lowest BCUT2D eigenvalue weighted by Gasteiger charge is -2.39. The van der Waals surface area contributed by atoms with Crippen molar-refractivity contribution in [2.24, 2.45) is 0 Å². The molecule has 5 rings (SSSR count). The van der Waals surface area contributed by atoms with Crippen LogP contribution in [-0.2, 0) is 30.8 Å². The molecule has 0 bridgehead atoms. The van der Waals surface area contributed by atoms with E-state index in [1.807, 2.05) is 6.07 Å². The molecule has 2 aromatic carbocycles. The van der Waals surface area contributed by atoms with Crippen molar-refractivity contribution in [1.82, 2.24) is 19.5 Å². The summed E-state index contributed by atoms with van der Waals surface area (Å²) in [6.07, 6.45) is 1.79. The van der Waals surface area contributed by atoms with Crippen molar-refractivity contribution < 1.29 is 36.3 Å². The Labute approximate surface area is 303 Å². The van der Waals surface area contributed by atoms with E-state index in [4.69, 9.17) is 27.9 Å². The second kappa shape index (κ2) is 16.0. The molecule has 2 fully saturated rings. The van der Waals surface area contributed by atoms with E-state index < -0.39 is 64.7 Å². The summed E-state index contributed by atoms with van der Waals surface area (Å²) in [6, 6.07) is 10.3. The van der Waals surface area contributed by atoms with Gasteiger partial charge in [0.25, 0.3) is 11.8 Å². The number of anilines is 1. The fourth-order valence-electron chi connectivity index (χ4n) is 6.23. The van der Waals surface area contributed by atoms with Crippen molar-refractivity contribution in [2.45, 2.75) is 61.6 Å². The summed E-state index contributed by atoms with van der Waals surface area (Å²) in [5, 5.41) is 14.9. The molecule has 2 aliphatic rings. The average molecular weight is 764 g/mol. The number of pyridine rings is 1. The summed E-state index contributed by atoms with van der Waals surface area (Å²) in [6.45, 7) is 1.40. The van der Waals surface area contributed by atoms with E-state index >= 15 is 0 Å². The first-order valence-corrected chi connectivity index (χ1v) is 18.2. The van der Waals surface area contributed by atoms with Crippen LogP contribution in [-0.4, -0.2) is 90.7 Å². The van der Waals surface area contributed by atoms with Crippen LogP contribution in [0.4, 0.5) is 14.5 Å². The second-order valence-electron chi connectivity index (χ2n) is 12.1. The number of carbonyl (C=O) groups excluding carboxylic acids is 3. The Morgan fingerprint density at radius 2 is 1.75 bits per heavy atom. The number of piperidine rings is 1. The number of alkyl halides is 2. The standard InChI is InChI=1S/C34H34Cl2F2N6O6S/c1-2-50-33(47)27(17-21-6-8-23(9-7-21)41-31(45)29-25(35)19-40-20-26(29)36)42-32(46)30-28(43-14-11-34(37,38)12-15-43)10-13-44(30)51(48,49)24-5-3-4-22(16-24)18-39/h3-9,16,19-20,27-28,30H,2,10-15,17H2,1H3,(H,41,45)(H,42,46)/t27-,28?,30?/m0/s1. The van der Waals surface area contributed by atoms with Crippen LogP contribution >= 0.6 is 23.2 Å². The molecule has 2 unspecified atom stereocenters. The molecule has 0 saturated carbocycles. The van der Waals surface area contributed by atoms with Crippen molar-refractivity contribution >= 4 is 56.7 Å². The number of nitriles is 1. The number of benzene rings is 2. The third kappa shape index (κ3) is 8.82. The number of rotatable bonds is 11. The molecule has 12 nitrogen and oxygen atoms in total. The Morgan fingerprint density at radius 3 is 2.37 bits per heavy atom. The van der Waals surface area contributed by atoms with Gasteiger partial charge in [0.15, 0.2) is 0 Å². The minimum atomic E-state index is -4.35. The number of esters is 1. The van der Waals surface area contributed by atoms with Crippen LogP contribution in [0.15, 0.2) is 65.8 Å². The summed E-state index contributed by atoms with van der Waals surface area (Å²) in [4.78, 5) is 45.5. The average Bonchev–Trinajstić information content (AvgIpc) is 3.55. The van der Waals surface area contributed by atoms with E-state index in [2.05, 4.69) is 15.6 Å². The highest BCUT2D eigenvalue weighted by Crippen LogP contribution is 2.35. The molecule has 2 aliphatic heterocycles. The molecule has 0 aliphatic carbocycles. The van der Waals surface area contributed by atoms with Gasteiger partial charge in [0.05, 0.1) is 38.7 Å². The zero-order chi connectivity index (χ0) is 36.9. The van der Waals surface area contributed by atoms with Crippen molar-refractivity contribution in [1.29, 1.82) is 5.26 Å². The minimum Gasteiger partial charge on any atom is -0.464 e. The van der Waals surface area contributed by atoms with E-state index in [1.165, 1.54) is 36.7 Å². The molecular weight excluding hydrogens is 729 g/mol. The molecule has 1 aromatic heterocycles. The Bertz CT molecular complexity index is 1920. The van der Waals surface area contributed by atoms with Crippen LogP contribution in [0.5, 0.6) is 0 Å². The van der Waals surface area contributed by atoms with Crippen LogP contribution in [0.3, 0.4) is 0 Å². The number of aromatic nitrogens is 1. The molecule has 2 N–H and O–H groups in total. The summed E-state index contributed by atoms with van der Waals surface area (Å²) in [7, 11) is -4.35.